The number of hydrogen-bond donors (Lipinski definition) is 2. The molecule has 0 radical (unpaired) electrons. The van der Waals surface area contributed by atoms with Gasteiger partial charge in [0.15, 0.2) is 0 Å². The molecule has 0 aliphatic heterocycles. The minimum Gasteiger partial charge on any atom is -0.495 e. The van der Waals surface area contributed by atoms with Crippen LogP contribution < -0.4 is 15.8 Å². The van der Waals surface area contributed by atoms with E-state index in [2.05, 4.69) is 5.32 Å². The van der Waals surface area contributed by atoms with Crippen molar-refractivity contribution in [3.63, 3.8) is 0 Å². The molecule has 1 atom stereocenters. The molecule has 1 unspecified atom stereocenters. The molecule has 0 spiro atoms. The molecule has 0 heterocycles. The Labute approximate surface area is 119 Å². The molecule has 0 aliphatic carbocycles. The van der Waals surface area contributed by atoms with Gasteiger partial charge in [0.25, 0.3) is 0 Å². The minimum absolute atomic E-state index is 0.0304. The number of nitrogens with two attached hydrogens (primary N) is 1. The lowest BCUT2D eigenvalue weighted by atomic mass is 10.2. The Balaban J connectivity index is 2.50. The van der Waals surface area contributed by atoms with E-state index in [9.17, 15) is 4.79 Å². The van der Waals surface area contributed by atoms with Gasteiger partial charge in [-0.25, -0.2) is 0 Å². The molecule has 5 heteroatoms. The van der Waals surface area contributed by atoms with Crippen LogP contribution in [0.5, 0.6) is 5.75 Å². The van der Waals surface area contributed by atoms with Crippen LogP contribution in [0.4, 0.5) is 5.69 Å². The average Bonchev–Trinajstić information content (AvgIpc) is 2.38. The number of anilines is 1. The third-order valence-corrected chi connectivity index (χ3v) is 3.85. The molecule has 0 aliphatic rings. The van der Waals surface area contributed by atoms with Gasteiger partial charge < -0.3 is 15.8 Å². The Morgan fingerprint density at radius 1 is 1.53 bits per heavy atom. The monoisotopic (exact) mass is 282 g/mol. The fourth-order valence-electron chi connectivity index (χ4n) is 1.53. The van der Waals surface area contributed by atoms with E-state index >= 15 is 0 Å². The number of carbonyl (C=O) groups excluding carboxylic acids is 1. The van der Waals surface area contributed by atoms with Crippen LogP contribution >= 0.6 is 11.8 Å². The van der Waals surface area contributed by atoms with E-state index in [0.717, 1.165) is 17.7 Å². The smallest absolute Gasteiger partial charge is 0.234 e. The van der Waals surface area contributed by atoms with E-state index in [4.69, 9.17) is 10.5 Å². The lowest BCUT2D eigenvalue weighted by molar-refractivity contribution is -0.113. The number of aryl methyl sites for hydroxylation is 1. The van der Waals surface area contributed by atoms with Gasteiger partial charge in [-0.1, -0.05) is 13.0 Å². The highest BCUT2D eigenvalue weighted by Crippen LogP contribution is 2.25. The second kappa shape index (κ2) is 8.07. The maximum absolute atomic E-state index is 11.8. The van der Waals surface area contributed by atoms with E-state index in [-0.39, 0.29) is 11.9 Å². The second-order valence-corrected chi connectivity index (χ2v) is 5.47. The fraction of sp³-hybridized carbons (Fsp3) is 0.500. The first-order valence-corrected chi connectivity index (χ1v) is 7.50. The van der Waals surface area contributed by atoms with E-state index in [1.54, 1.807) is 18.9 Å². The zero-order valence-corrected chi connectivity index (χ0v) is 12.5. The van der Waals surface area contributed by atoms with Gasteiger partial charge in [-0.3, -0.25) is 4.79 Å². The molecule has 1 amide bonds. The van der Waals surface area contributed by atoms with Crippen molar-refractivity contribution in [1.29, 1.82) is 0 Å². The molecule has 1 aromatic rings. The van der Waals surface area contributed by atoms with E-state index < -0.39 is 0 Å². The number of methoxy groups -OCH3 is 1. The Bertz CT molecular complexity index is 424. The van der Waals surface area contributed by atoms with E-state index in [1.807, 2.05) is 32.0 Å². The van der Waals surface area contributed by atoms with Crippen molar-refractivity contribution < 1.29 is 9.53 Å². The van der Waals surface area contributed by atoms with E-state index in [0.29, 0.717) is 17.2 Å². The number of ether oxygens (including phenoxy) is 1. The van der Waals surface area contributed by atoms with Gasteiger partial charge in [-0.15, -0.1) is 0 Å². The maximum atomic E-state index is 11.8. The highest BCUT2D eigenvalue weighted by Gasteiger charge is 2.08. The summed E-state index contributed by atoms with van der Waals surface area (Å²) < 4.78 is 5.22. The average molecular weight is 282 g/mol. The molecule has 1 rings (SSSR count). The third-order valence-electron chi connectivity index (χ3n) is 2.72. The summed E-state index contributed by atoms with van der Waals surface area (Å²) in [4.78, 5) is 11.8. The van der Waals surface area contributed by atoms with Crippen LogP contribution in [0.25, 0.3) is 0 Å². The van der Waals surface area contributed by atoms with Gasteiger partial charge >= 0.3 is 0 Å². The number of rotatable bonds is 7. The summed E-state index contributed by atoms with van der Waals surface area (Å²) in [6.45, 7) is 4.02. The predicted octanol–water partition coefficient (Wildman–Crippen LogP) is 2.41. The van der Waals surface area contributed by atoms with Gasteiger partial charge in [0.2, 0.25) is 5.91 Å². The maximum Gasteiger partial charge on any atom is 0.234 e. The first kappa shape index (κ1) is 15.9. The highest BCUT2D eigenvalue weighted by molar-refractivity contribution is 8.00. The molecular weight excluding hydrogens is 260 g/mol. The first-order valence-electron chi connectivity index (χ1n) is 6.34. The summed E-state index contributed by atoms with van der Waals surface area (Å²) in [7, 11) is 1.59. The van der Waals surface area contributed by atoms with Crippen LogP contribution in [0.15, 0.2) is 18.2 Å². The Morgan fingerprint density at radius 2 is 2.26 bits per heavy atom. The number of carbonyl (C=O) groups is 1. The number of thioether (sulfide) groups is 1. The van der Waals surface area contributed by atoms with Gasteiger partial charge in [-0.2, -0.15) is 11.8 Å². The van der Waals surface area contributed by atoms with Crippen LogP contribution in [-0.2, 0) is 4.79 Å². The summed E-state index contributed by atoms with van der Waals surface area (Å²) in [5, 5.41) is 2.87. The molecule has 0 fully saturated rings. The predicted molar refractivity (Wildman–Crippen MR) is 82.0 cm³/mol. The Morgan fingerprint density at radius 3 is 2.89 bits per heavy atom. The topological polar surface area (TPSA) is 64.4 Å². The zero-order valence-electron chi connectivity index (χ0n) is 11.7. The molecule has 3 N–H and O–H groups in total. The van der Waals surface area contributed by atoms with Crippen molar-refractivity contribution in [2.24, 2.45) is 5.73 Å². The molecule has 4 nitrogen and oxygen atoms in total. The van der Waals surface area contributed by atoms with E-state index in [1.165, 1.54) is 0 Å². The number of amides is 1. The lowest BCUT2D eigenvalue weighted by Crippen LogP contribution is -2.23. The van der Waals surface area contributed by atoms with Crippen LogP contribution in [0.1, 0.15) is 18.9 Å². The number of benzene rings is 1. The van der Waals surface area contributed by atoms with Gasteiger partial charge in [0.1, 0.15) is 5.75 Å². The summed E-state index contributed by atoms with van der Waals surface area (Å²) >= 11 is 1.55. The van der Waals surface area contributed by atoms with Gasteiger partial charge in [-0.05, 0) is 31.0 Å². The van der Waals surface area contributed by atoms with Crippen LogP contribution in [0, 0.1) is 6.92 Å². The number of nitrogens with one attached hydrogen (secondary N) is 1. The van der Waals surface area contributed by atoms with Crippen LogP contribution in [0.2, 0.25) is 0 Å². The molecule has 0 bridgehead atoms. The fourth-order valence-corrected chi connectivity index (χ4v) is 2.44. The molecule has 0 saturated heterocycles. The van der Waals surface area contributed by atoms with Crippen molar-refractivity contribution in [2.75, 3.05) is 23.9 Å². The summed E-state index contributed by atoms with van der Waals surface area (Å²) in [5.74, 6) is 1.85. The van der Waals surface area contributed by atoms with Crippen LogP contribution in [-0.4, -0.2) is 30.6 Å². The number of hydrogen-bond acceptors (Lipinski definition) is 4. The zero-order chi connectivity index (χ0) is 14.3. The standard InChI is InChI=1S/C14H22N2O2S/c1-4-11(15)8-19-9-14(17)16-12-7-10(2)5-6-13(12)18-3/h5-7,11H,4,8-9,15H2,1-3H3,(H,16,17). The van der Waals surface area contributed by atoms with Crippen molar-refractivity contribution in [3.8, 4) is 5.75 Å². The van der Waals surface area contributed by atoms with Crippen molar-refractivity contribution in [3.05, 3.63) is 23.8 Å². The Kier molecular flexibility index (Phi) is 6.73. The molecule has 19 heavy (non-hydrogen) atoms. The minimum atomic E-state index is -0.0304. The van der Waals surface area contributed by atoms with Gasteiger partial charge in [0.05, 0.1) is 18.6 Å². The normalized spacial score (nSPS) is 12.0. The summed E-state index contributed by atoms with van der Waals surface area (Å²) in [6, 6.07) is 5.86. The van der Waals surface area contributed by atoms with Crippen LogP contribution in [0.3, 0.4) is 0 Å². The lowest BCUT2D eigenvalue weighted by Gasteiger charge is -2.11. The van der Waals surface area contributed by atoms with Gasteiger partial charge in [0, 0.05) is 11.8 Å². The molecule has 1 aromatic carbocycles. The molecule has 0 saturated carbocycles. The van der Waals surface area contributed by atoms with Crippen molar-refractivity contribution in [2.45, 2.75) is 26.3 Å². The van der Waals surface area contributed by atoms with Crippen molar-refractivity contribution in [1.82, 2.24) is 0 Å². The first-order chi connectivity index (χ1) is 9.06. The molecule has 106 valence electrons. The quantitative estimate of drug-likeness (QED) is 0.806. The highest BCUT2D eigenvalue weighted by atomic mass is 32.2. The largest absolute Gasteiger partial charge is 0.495 e. The second-order valence-electron chi connectivity index (χ2n) is 4.44. The SMILES string of the molecule is CCC(N)CSCC(=O)Nc1cc(C)ccc1OC. The summed E-state index contributed by atoms with van der Waals surface area (Å²) in [5.41, 5.74) is 7.60. The Hall–Kier alpha value is -1.20. The molecular formula is C14H22N2O2S. The van der Waals surface area contributed by atoms with Crippen molar-refractivity contribution >= 4 is 23.4 Å². The summed E-state index contributed by atoms with van der Waals surface area (Å²) in [6.07, 6.45) is 0.931. The third kappa shape index (κ3) is 5.53. The molecule has 0 aromatic heterocycles.